The van der Waals surface area contributed by atoms with E-state index in [9.17, 15) is 19.5 Å². The molecule has 164 valence electrons. The minimum Gasteiger partial charge on any atom is -0.395 e. The molecule has 0 atom stereocenters. The number of thiophene rings is 1. The van der Waals surface area contributed by atoms with Crippen molar-refractivity contribution in [2.24, 2.45) is 0 Å². The minimum atomic E-state index is -0.189. The van der Waals surface area contributed by atoms with Gasteiger partial charge in [-0.15, -0.1) is 11.3 Å². The van der Waals surface area contributed by atoms with Crippen molar-refractivity contribution < 1.29 is 19.5 Å². The van der Waals surface area contributed by atoms with Crippen LogP contribution in [-0.4, -0.2) is 90.5 Å². The van der Waals surface area contributed by atoms with Crippen molar-refractivity contribution in [1.82, 2.24) is 14.7 Å². The van der Waals surface area contributed by atoms with E-state index in [1.165, 1.54) is 34.0 Å². The summed E-state index contributed by atoms with van der Waals surface area (Å²) in [6.07, 6.45) is 5.40. The number of carbonyl (C=O) groups excluding carboxylic acids is 3. The lowest BCUT2D eigenvalue weighted by molar-refractivity contribution is -0.133. The third-order valence-corrected chi connectivity index (χ3v) is 7.49. The van der Waals surface area contributed by atoms with Crippen molar-refractivity contribution in [1.29, 1.82) is 0 Å². The number of rotatable bonds is 4. The smallest absolute Gasteiger partial charge is 0.257 e. The first-order valence-corrected chi connectivity index (χ1v) is 11.6. The quantitative estimate of drug-likeness (QED) is 0.762. The molecule has 3 amide bonds. The minimum absolute atomic E-state index is 0.00938. The van der Waals surface area contributed by atoms with Crippen molar-refractivity contribution in [3.63, 3.8) is 0 Å². The van der Waals surface area contributed by atoms with Gasteiger partial charge in [-0.1, -0.05) is 12.8 Å². The normalized spacial score (nSPS) is 20.7. The van der Waals surface area contributed by atoms with Gasteiger partial charge in [-0.05, 0) is 37.9 Å². The van der Waals surface area contributed by atoms with E-state index >= 15 is 0 Å². The van der Waals surface area contributed by atoms with Gasteiger partial charge in [0.05, 0.1) is 25.3 Å². The lowest BCUT2D eigenvalue weighted by Crippen LogP contribution is -2.43. The van der Waals surface area contributed by atoms with Gasteiger partial charge in [0.1, 0.15) is 11.5 Å². The van der Waals surface area contributed by atoms with Crippen LogP contribution in [0.25, 0.3) is 0 Å². The maximum atomic E-state index is 13.0. The maximum Gasteiger partial charge on any atom is 0.257 e. The molecular formula is C21H30N4O4S. The molecule has 0 radical (unpaired) electrons. The van der Waals surface area contributed by atoms with Gasteiger partial charge in [-0.2, -0.15) is 0 Å². The Morgan fingerprint density at radius 2 is 1.80 bits per heavy atom. The zero-order valence-electron chi connectivity index (χ0n) is 17.6. The summed E-state index contributed by atoms with van der Waals surface area (Å²) >= 11 is 1.42. The van der Waals surface area contributed by atoms with Crippen LogP contribution in [0.1, 0.15) is 46.5 Å². The highest BCUT2D eigenvalue weighted by atomic mass is 32.1. The standard InChI is InChI=1S/C21H30N4O4S/c1-22-13-18(28)25(10-11-26)21-19(20(22)29)15-6-9-24(12-16(15)30-21)17(27)14-23-7-4-2-3-5-8-23/h26H,2-14H2,1H3. The van der Waals surface area contributed by atoms with Crippen LogP contribution in [0.15, 0.2) is 0 Å². The fraction of sp³-hybridized carbons (Fsp3) is 0.667. The van der Waals surface area contributed by atoms with Gasteiger partial charge in [-0.25, -0.2) is 0 Å². The molecule has 8 nitrogen and oxygen atoms in total. The third-order valence-electron chi connectivity index (χ3n) is 6.25. The highest BCUT2D eigenvalue weighted by Gasteiger charge is 2.37. The van der Waals surface area contributed by atoms with Gasteiger partial charge in [0, 0.05) is 25.0 Å². The van der Waals surface area contributed by atoms with Crippen LogP contribution in [0.5, 0.6) is 0 Å². The number of carbonyl (C=O) groups is 3. The van der Waals surface area contributed by atoms with Gasteiger partial charge in [0.2, 0.25) is 11.8 Å². The molecule has 0 spiro atoms. The number of nitrogens with zero attached hydrogens (tertiary/aromatic N) is 4. The summed E-state index contributed by atoms with van der Waals surface area (Å²) in [7, 11) is 1.64. The van der Waals surface area contributed by atoms with Crippen LogP contribution in [0.2, 0.25) is 0 Å². The Balaban J connectivity index is 1.55. The van der Waals surface area contributed by atoms with Gasteiger partial charge in [0.15, 0.2) is 0 Å². The molecule has 9 heteroatoms. The van der Waals surface area contributed by atoms with Crippen molar-refractivity contribution in [3.05, 3.63) is 16.0 Å². The molecule has 1 saturated heterocycles. The average Bonchev–Trinajstić information content (AvgIpc) is 2.85. The number of fused-ring (bicyclic) bond motifs is 3. The van der Waals surface area contributed by atoms with E-state index in [2.05, 4.69) is 4.90 Å². The summed E-state index contributed by atoms with van der Waals surface area (Å²) in [5.74, 6) is -0.204. The Labute approximate surface area is 181 Å². The second-order valence-electron chi connectivity index (χ2n) is 8.37. The lowest BCUT2D eigenvalue weighted by atomic mass is 10.0. The first-order chi connectivity index (χ1) is 14.5. The molecule has 0 bridgehead atoms. The second-order valence-corrected chi connectivity index (χ2v) is 9.45. The number of amides is 3. The molecule has 4 heterocycles. The van der Waals surface area contributed by atoms with E-state index in [0.717, 1.165) is 36.4 Å². The largest absolute Gasteiger partial charge is 0.395 e. The summed E-state index contributed by atoms with van der Waals surface area (Å²) in [6.45, 7) is 3.52. The average molecular weight is 435 g/mol. The molecule has 0 saturated carbocycles. The molecule has 0 aliphatic carbocycles. The molecule has 30 heavy (non-hydrogen) atoms. The number of anilines is 1. The number of aliphatic hydroxyl groups is 1. The molecule has 1 aromatic heterocycles. The van der Waals surface area contributed by atoms with Crippen LogP contribution in [0.3, 0.4) is 0 Å². The lowest BCUT2D eigenvalue weighted by Gasteiger charge is -2.30. The zero-order chi connectivity index (χ0) is 21.3. The number of hydrogen-bond acceptors (Lipinski definition) is 6. The van der Waals surface area contributed by atoms with Crippen molar-refractivity contribution in [2.45, 2.75) is 38.6 Å². The third kappa shape index (κ3) is 4.10. The molecule has 4 rings (SSSR count). The van der Waals surface area contributed by atoms with Crippen molar-refractivity contribution in [3.8, 4) is 0 Å². The second kappa shape index (κ2) is 9.03. The van der Waals surface area contributed by atoms with Gasteiger partial charge in [-0.3, -0.25) is 24.2 Å². The fourth-order valence-corrected chi connectivity index (χ4v) is 5.99. The molecule has 0 aromatic carbocycles. The van der Waals surface area contributed by atoms with E-state index in [1.54, 1.807) is 7.05 Å². The Morgan fingerprint density at radius 3 is 2.50 bits per heavy atom. The summed E-state index contributed by atoms with van der Waals surface area (Å²) in [5, 5.41) is 10.1. The Morgan fingerprint density at radius 1 is 1.07 bits per heavy atom. The number of aliphatic hydroxyl groups excluding tert-OH is 1. The molecule has 3 aliphatic rings. The molecular weight excluding hydrogens is 404 g/mol. The zero-order valence-corrected chi connectivity index (χ0v) is 18.4. The highest BCUT2D eigenvalue weighted by Crippen LogP contribution is 2.41. The van der Waals surface area contributed by atoms with Crippen molar-refractivity contribution >= 4 is 34.1 Å². The highest BCUT2D eigenvalue weighted by molar-refractivity contribution is 7.17. The number of likely N-dealkylation sites (N-methyl/N-ethyl adjacent to an activating group) is 1. The molecule has 1 fully saturated rings. The summed E-state index contributed by atoms with van der Waals surface area (Å²) in [5.41, 5.74) is 1.54. The Bertz CT molecular complexity index is 831. The molecule has 1 aromatic rings. The predicted molar refractivity (Wildman–Crippen MR) is 115 cm³/mol. The molecule has 1 N–H and O–H groups in total. The summed E-state index contributed by atoms with van der Waals surface area (Å²) in [6, 6.07) is 0. The van der Waals surface area contributed by atoms with Gasteiger partial charge < -0.3 is 14.9 Å². The van der Waals surface area contributed by atoms with E-state index in [0.29, 0.717) is 36.6 Å². The summed E-state index contributed by atoms with van der Waals surface area (Å²) < 4.78 is 0. The van der Waals surface area contributed by atoms with Crippen LogP contribution >= 0.6 is 11.3 Å². The summed E-state index contributed by atoms with van der Waals surface area (Å²) in [4.78, 5) is 46.6. The first kappa shape index (κ1) is 21.3. The van der Waals surface area contributed by atoms with Crippen LogP contribution in [0, 0.1) is 0 Å². The fourth-order valence-electron chi connectivity index (χ4n) is 4.59. The van der Waals surface area contributed by atoms with Crippen LogP contribution in [-0.2, 0) is 22.6 Å². The number of β-amino-alcohol motifs (C(OH)–C–C–N with tert-alkyl or cyclic N) is 1. The predicted octanol–water partition coefficient (Wildman–Crippen LogP) is 0.920. The molecule has 3 aliphatic heterocycles. The van der Waals surface area contributed by atoms with E-state index < -0.39 is 0 Å². The van der Waals surface area contributed by atoms with Gasteiger partial charge in [0.25, 0.3) is 5.91 Å². The van der Waals surface area contributed by atoms with Gasteiger partial charge >= 0.3 is 0 Å². The Hall–Kier alpha value is -1.97. The monoisotopic (exact) mass is 434 g/mol. The van der Waals surface area contributed by atoms with E-state index in [1.807, 2.05) is 4.90 Å². The van der Waals surface area contributed by atoms with E-state index in [-0.39, 0.29) is 37.4 Å². The van der Waals surface area contributed by atoms with Crippen molar-refractivity contribution in [2.75, 3.05) is 57.8 Å². The maximum absolute atomic E-state index is 13.0. The number of hydrogen-bond donors (Lipinski definition) is 1. The van der Waals surface area contributed by atoms with Crippen LogP contribution in [0.4, 0.5) is 5.00 Å². The topological polar surface area (TPSA) is 84.4 Å². The molecule has 0 unspecified atom stereocenters. The van der Waals surface area contributed by atoms with E-state index in [4.69, 9.17) is 0 Å². The first-order valence-electron chi connectivity index (χ1n) is 10.8. The number of likely N-dealkylation sites (tertiary alicyclic amines) is 1. The SMILES string of the molecule is CN1CC(=O)N(CCO)c2sc3c(c2C1=O)CCN(C(=O)CN1CCCCCC1)C3. The Kier molecular flexibility index (Phi) is 6.40. The van der Waals surface area contributed by atoms with Crippen LogP contribution < -0.4 is 4.90 Å².